The van der Waals surface area contributed by atoms with Crippen molar-refractivity contribution in [2.75, 3.05) is 0 Å². The van der Waals surface area contributed by atoms with E-state index in [9.17, 15) is 65.9 Å². The summed E-state index contributed by atoms with van der Waals surface area (Å²) < 4.78 is 194. The molecule has 0 aromatic heterocycles. The van der Waals surface area contributed by atoms with E-state index < -0.39 is 77.1 Å². The van der Waals surface area contributed by atoms with Crippen LogP contribution in [0.25, 0.3) is 0 Å². The highest BCUT2D eigenvalue weighted by Crippen LogP contribution is 2.53. The van der Waals surface area contributed by atoms with Gasteiger partial charge in [-0.2, -0.15) is 65.9 Å². The van der Waals surface area contributed by atoms with Crippen LogP contribution in [-0.2, 0) is 24.2 Å². The van der Waals surface area contributed by atoms with Crippen molar-refractivity contribution in [3.8, 4) is 0 Å². The molecule has 1 rings (SSSR count). The highest BCUT2D eigenvalue weighted by Gasteiger charge is 2.65. The third-order valence-electron chi connectivity index (χ3n) is 3.71. The van der Waals surface area contributed by atoms with Gasteiger partial charge in [-0.25, -0.2) is 0 Å². The Morgan fingerprint density at radius 1 is 0.517 bits per heavy atom. The van der Waals surface area contributed by atoms with E-state index in [1.807, 2.05) is 0 Å². The van der Waals surface area contributed by atoms with Crippen LogP contribution < -0.4 is 0 Å². The quantitative estimate of drug-likeness (QED) is 0.417. The minimum atomic E-state index is -6.70. The first-order chi connectivity index (χ1) is 12.5. The molecule has 0 nitrogen and oxygen atoms in total. The Labute approximate surface area is 151 Å². The first kappa shape index (κ1) is 25.2. The summed E-state index contributed by atoms with van der Waals surface area (Å²) in [4.78, 5) is 0. The maximum Gasteiger partial charge on any atom is 0.458 e. The second kappa shape index (κ2) is 6.86. The lowest BCUT2D eigenvalue weighted by molar-refractivity contribution is -0.295. The van der Waals surface area contributed by atoms with Gasteiger partial charge in [0.25, 0.3) is 0 Å². The molecule has 15 heteroatoms. The van der Waals surface area contributed by atoms with Crippen molar-refractivity contribution in [2.45, 2.75) is 49.6 Å². The van der Waals surface area contributed by atoms with Crippen LogP contribution in [0.3, 0.4) is 0 Å². The first-order valence-electron chi connectivity index (χ1n) is 7.05. The predicted octanol–water partition coefficient (Wildman–Crippen LogP) is 7.21. The smallest absolute Gasteiger partial charge is 0.191 e. The van der Waals surface area contributed by atoms with Crippen molar-refractivity contribution in [1.82, 2.24) is 0 Å². The van der Waals surface area contributed by atoms with Crippen LogP contribution >= 0.6 is 0 Å². The van der Waals surface area contributed by atoms with Crippen molar-refractivity contribution in [2.24, 2.45) is 0 Å². The molecule has 1 aromatic rings. The van der Waals surface area contributed by atoms with E-state index >= 15 is 0 Å². The van der Waals surface area contributed by atoms with Gasteiger partial charge in [0.2, 0.25) is 0 Å². The highest BCUT2D eigenvalue weighted by molar-refractivity contribution is 5.46. The molecule has 0 radical (unpaired) electrons. The van der Waals surface area contributed by atoms with Gasteiger partial charge in [-0.1, -0.05) is 6.92 Å². The van der Waals surface area contributed by atoms with E-state index in [0.29, 0.717) is 6.92 Å². The molecule has 0 saturated carbocycles. The van der Waals surface area contributed by atoms with Gasteiger partial charge in [0.05, 0.1) is 0 Å². The minimum absolute atomic E-state index is 0.531. The summed E-state index contributed by atoms with van der Waals surface area (Å²) in [6, 6.07) is -2.15. The average Bonchev–Trinajstić information content (AvgIpc) is 2.49. The Bertz CT molecular complexity index is 701. The van der Waals surface area contributed by atoms with Gasteiger partial charge < -0.3 is 0 Å². The van der Waals surface area contributed by atoms with Gasteiger partial charge in [0.15, 0.2) is 0 Å². The van der Waals surface area contributed by atoms with E-state index in [4.69, 9.17) is 0 Å². The normalized spacial score (nSPS) is 15.0. The lowest BCUT2D eigenvalue weighted by atomic mass is 9.87. The fourth-order valence-electron chi connectivity index (χ4n) is 2.26. The van der Waals surface area contributed by atoms with Crippen LogP contribution in [0.4, 0.5) is 65.9 Å². The number of halogens is 15. The number of hydrogen-bond acceptors (Lipinski definition) is 0. The molecule has 0 heterocycles. The minimum Gasteiger partial charge on any atom is -0.191 e. The standard InChI is InChI=1S/C14H7F15/c1-2-6-7(10(17,18)13(24,25)26)3-5(9(15,16)12(21,22)23)4-8(6)11(19,20)14(27,28)29/h3-4H,2H2,1H3. The molecular weight excluding hydrogens is 453 g/mol. The molecule has 168 valence electrons. The summed E-state index contributed by atoms with van der Waals surface area (Å²) >= 11 is 0. The number of hydrogen-bond donors (Lipinski definition) is 0. The SMILES string of the molecule is CCc1c(C(F)(F)C(F)(F)F)cc(C(F)(F)C(F)(F)F)cc1C(F)(F)C(F)(F)F. The molecule has 0 fully saturated rings. The summed E-state index contributed by atoms with van der Waals surface area (Å²) in [6.07, 6.45) is -21.5. The fraction of sp³-hybridized carbons (Fsp3) is 0.571. The Kier molecular flexibility index (Phi) is 5.96. The van der Waals surface area contributed by atoms with E-state index in [1.54, 1.807) is 0 Å². The molecular formula is C14H7F15. The van der Waals surface area contributed by atoms with E-state index in [0.717, 1.165) is 0 Å². The lowest BCUT2D eigenvalue weighted by Gasteiger charge is -2.30. The lowest BCUT2D eigenvalue weighted by Crippen LogP contribution is -2.40. The molecule has 0 amide bonds. The van der Waals surface area contributed by atoms with Crippen LogP contribution in [-0.4, -0.2) is 18.5 Å². The van der Waals surface area contributed by atoms with Crippen LogP contribution in [0.15, 0.2) is 12.1 Å². The molecule has 29 heavy (non-hydrogen) atoms. The average molecular weight is 460 g/mol. The summed E-state index contributed by atoms with van der Waals surface area (Å²) in [5.41, 5.74) is -10.7. The molecule has 0 spiro atoms. The number of rotatable bonds is 4. The Morgan fingerprint density at radius 3 is 1.00 bits per heavy atom. The zero-order valence-corrected chi connectivity index (χ0v) is 13.5. The van der Waals surface area contributed by atoms with Crippen molar-refractivity contribution in [1.29, 1.82) is 0 Å². The Hall–Kier alpha value is -1.83. The summed E-state index contributed by atoms with van der Waals surface area (Å²) in [5, 5.41) is 0. The summed E-state index contributed by atoms with van der Waals surface area (Å²) in [7, 11) is 0. The van der Waals surface area contributed by atoms with Crippen molar-refractivity contribution < 1.29 is 65.9 Å². The number of alkyl halides is 15. The second-order valence-corrected chi connectivity index (χ2v) is 5.62. The maximum absolute atomic E-state index is 13.7. The molecule has 0 aliphatic rings. The van der Waals surface area contributed by atoms with Crippen LogP contribution in [0.1, 0.15) is 29.2 Å². The number of benzene rings is 1. The fourth-order valence-corrected chi connectivity index (χ4v) is 2.26. The highest BCUT2D eigenvalue weighted by atomic mass is 19.4. The molecule has 0 N–H and O–H groups in total. The third-order valence-corrected chi connectivity index (χ3v) is 3.71. The second-order valence-electron chi connectivity index (χ2n) is 5.62. The van der Waals surface area contributed by atoms with Gasteiger partial charge in [0.1, 0.15) is 0 Å². The molecule has 0 saturated heterocycles. The zero-order chi connectivity index (χ0) is 23.4. The van der Waals surface area contributed by atoms with E-state index in [-0.39, 0.29) is 0 Å². The Balaban J connectivity index is 4.16. The monoisotopic (exact) mass is 460 g/mol. The largest absolute Gasteiger partial charge is 0.458 e. The zero-order valence-electron chi connectivity index (χ0n) is 13.5. The van der Waals surface area contributed by atoms with E-state index in [1.165, 1.54) is 0 Å². The van der Waals surface area contributed by atoms with E-state index in [2.05, 4.69) is 0 Å². The summed E-state index contributed by atoms with van der Waals surface area (Å²) in [6.45, 7) is 0.531. The summed E-state index contributed by atoms with van der Waals surface area (Å²) in [5.74, 6) is -18.9. The van der Waals surface area contributed by atoms with Crippen molar-refractivity contribution >= 4 is 0 Å². The molecule has 0 aliphatic carbocycles. The van der Waals surface area contributed by atoms with Gasteiger partial charge in [-0.05, 0) is 24.1 Å². The third kappa shape index (κ3) is 4.09. The maximum atomic E-state index is 13.7. The molecule has 0 unspecified atom stereocenters. The van der Waals surface area contributed by atoms with Gasteiger partial charge in [-0.3, -0.25) is 0 Å². The van der Waals surface area contributed by atoms with Crippen molar-refractivity contribution in [3.05, 3.63) is 34.4 Å². The molecule has 0 atom stereocenters. The van der Waals surface area contributed by atoms with Gasteiger partial charge in [-0.15, -0.1) is 0 Å². The van der Waals surface area contributed by atoms with Crippen molar-refractivity contribution in [3.63, 3.8) is 0 Å². The van der Waals surface area contributed by atoms with Crippen LogP contribution in [0, 0.1) is 0 Å². The van der Waals surface area contributed by atoms with Crippen LogP contribution in [0.2, 0.25) is 0 Å². The van der Waals surface area contributed by atoms with Gasteiger partial charge in [0, 0.05) is 16.7 Å². The van der Waals surface area contributed by atoms with Crippen LogP contribution in [0.5, 0.6) is 0 Å². The topological polar surface area (TPSA) is 0 Å². The molecule has 1 aromatic carbocycles. The molecule has 0 bridgehead atoms. The molecule has 0 aliphatic heterocycles. The Morgan fingerprint density at radius 2 is 0.793 bits per heavy atom. The van der Waals surface area contributed by atoms with Gasteiger partial charge >= 0.3 is 36.3 Å². The predicted molar refractivity (Wildman–Crippen MR) is 65.7 cm³/mol. The first-order valence-corrected chi connectivity index (χ1v) is 7.05.